The van der Waals surface area contributed by atoms with Gasteiger partial charge in [-0.2, -0.15) is 0 Å². The Kier molecular flexibility index (Phi) is 4.76. The van der Waals surface area contributed by atoms with Crippen LogP contribution in [0.4, 0.5) is 0 Å². The molecule has 0 radical (unpaired) electrons. The van der Waals surface area contributed by atoms with Crippen molar-refractivity contribution in [3.63, 3.8) is 0 Å². The summed E-state index contributed by atoms with van der Waals surface area (Å²) in [6, 6.07) is 6.00. The van der Waals surface area contributed by atoms with Crippen molar-refractivity contribution in [3.8, 4) is 5.75 Å². The number of methoxy groups -OCH3 is 1. The molecule has 132 valence electrons. The van der Waals surface area contributed by atoms with E-state index in [1.165, 1.54) is 32.4 Å². The van der Waals surface area contributed by atoms with Crippen LogP contribution >= 0.6 is 11.8 Å². The van der Waals surface area contributed by atoms with Crippen LogP contribution in [0.2, 0.25) is 0 Å². The van der Waals surface area contributed by atoms with Crippen molar-refractivity contribution in [1.29, 1.82) is 0 Å². The Bertz CT molecular complexity index is 888. The lowest BCUT2D eigenvalue weighted by Crippen LogP contribution is -2.31. The van der Waals surface area contributed by atoms with E-state index in [0.29, 0.717) is 0 Å². The molecule has 0 bridgehead atoms. The maximum absolute atomic E-state index is 5.33. The molecule has 1 aromatic carbocycles. The fourth-order valence-electron chi connectivity index (χ4n) is 3.46. The molecule has 3 heterocycles. The van der Waals surface area contributed by atoms with E-state index in [9.17, 15) is 0 Å². The van der Waals surface area contributed by atoms with Crippen molar-refractivity contribution in [2.45, 2.75) is 24.4 Å². The van der Waals surface area contributed by atoms with Crippen LogP contribution in [0.25, 0.3) is 22.1 Å². The summed E-state index contributed by atoms with van der Waals surface area (Å²) in [4.78, 5) is 7.28. The van der Waals surface area contributed by atoms with Gasteiger partial charge in [0.05, 0.1) is 12.6 Å². The van der Waals surface area contributed by atoms with Gasteiger partial charge in [-0.1, -0.05) is 18.2 Å². The average Bonchev–Trinajstić information content (AvgIpc) is 2.94. The van der Waals surface area contributed by atoms with Gasteiger partial charge in [-0.25, -0.2) is 4.98 Å². The Morgan fingerprint density at radius 1 is 1.16 bits per heavy atom. The molecule has 0 spiro atoms. The molecule has 2 aromatic heterocycles. The average molecular weight is 357 g/mol. The van der Waals surface area contributed by atoms with Crippen LogP contribution in [0.5, 0.6) is 5.75 Å². The van der Waals surface area contributed by atoms with Gasteiger partial charge in [-0.15, -0.1) is 10.2 Å². The quantitative estimate of drug-likeness (QED) is 0.654. The molecule has 6 nitrogen and oxygen atoms in total. The number of hydrogen-bond acceptors (Lipinski definition) is 6. The first kappa shape index (κ1) is 16.6. The third-order valence-corrected chi connectivity index (χ3v) is 5.69. The summed E-state index contributed by atoms with van der Waals surface area (Å²) in [5, 5.41) is 10.6. The Morgan fingerprint density at radius 2 is 2.00 bits per heavy atom. The number of piperidine rings is 1. The largest absolute Gasteiger partial charge is 0.497 e. The first-order chi connectivity index (χ1) is 12.3. The van der Waals surface area contributed by atoms with Crippen LogP contribution in [0.1, 0.15) is 19.3 Å². The number of benzene rings is 1. The maximum atomic E-state index is 5.33. The number of nitrogens with zero attached hydrogens (tertiary/aromatic N) is 5. The molecule has 0 amide bonds. The van der Waals surface area contributed by atoms with Gasteiger partial charge in [0.2, 0.25) is 5.16 Å². The fourth-order valence-corrected chi connectivity index (χ4v) is 4.24. The lowest BCUT2D eigenvalue weighted by Gasteiger charge is -2.25. The highest BCUT2D eigenvalue weighted by atomic mass is 32.2. The minimum absolute atomic E-state index is 0.752. The summed E-state index contributed by atoms with van der Waals surface area (Å²) in [5.74, 6) is 1.83. The van der Waals surface area contributed by atoms with Crippen LogP contribution in [0.15, 0.2) is 23.4 Å². The molecule has 1 aliphatic heterocycles. The van der Waals surface area contributed by atoms with Gasteiger partial charge in [0.1, 0.15) is 11.3 Å². The first-order valence-electron chi connectivity index (χ1n) is 8.78. The van der Waals surface area contributed by atoms with Crippen molar-refractivity contribution >= 4 is 33.8 Å². The minimum Gasteiger partial charge on any atom is -0.497 e. The Hall–Kier alpha value is -1.86. The van der Waals surface area contributed by atoms with Gasteiger partial charge in [0.25, 0.3) is 0 Å². The predicted octanol–water partition coefficient (Wildman–Crippen LogP) is 3.10. The third-order valence-electron chi connectivity index (χ3n) is 4.87. The molecule has 0 atom stereocenters. The molecule has 4 rings (SSSR count). The summed E-state index contributed by atoms with van der Waals surface area (Å²) in [7, 11) is 3.70. The highest BCUT2D eigenvalue weighted by Crippen LogP contribution is 2.29. The summed E-state index contributed by atoms with van der Waals surface area (Å²) < 4.78 is 7.41. The van der Waals surface area contributed by atoms with Gasteiger partial charge < -0.3 is 14.2 Å². The Morgan fingerprint density at radius 3 is 2.80 bits per heavy atom. The van der Waals surface area contributed by atoms with Gasteiger partial charge in [0, 0.05) is 24.7 Å². The van der Waals surface area contributed by atoms with Gasteiger partial charge in [-0.3, -0.25) is 0 Å². The monoisotopic (exact) mass is 357 g/mol. The summed E-state index contributed by atoms with van der Waals surface area (Å²) in [5.41, 5.74) is 2.79. The minimum atomic E-state index is 0.752. The van der Waals surface area contributed by atoms with E-state index in [-0.39, 0.29) is 0 Å². The molecule has 0 aliphatic carbocycles. The molecule has 1 saturated heterocycles. The van der Waals surface area contributed by atoms with Crippen molar-refractivity contribution in [3.05, 3.63) is 18.2 Å². The van der Waals surface area contributed by atoms with E-state index in [0.717, 1.165) is 45.3 Å². The standard InChI is InChI=1S/C18H23N5OS/c1-22-15-7-6-13(24-2)12-14(15)16-17(22)19-18(21-20-16)25-11-10-23-8-4-3-5-9-23/h6-7,12H,3-5,8-11H2,1-2H3. The SMILES string of the molecule is COc1ccc2c(c1)c1nnc(SCCN3CCCCC3)nc1n2C. The molecule has 0 unspecified atom stereocenters. The smallest absolute Gasteiger partial charge is 0.211 e. The zero-order chi connectivity index (χ0) is 17.2. The summed E-state index contributed by atoms with van der Waals surface area (Å²) in [6.07, 6.45) is 4.03. The maximum Gasteiger partial charge on any atom is 0.211 e. The molecule has 3 aromatic rings. The van der Waals surface area contributed by atoms with Crippen LogP contribution in [0.3, 0.4) is 0 Å². The second-order valence-corrected chi connectivity index (χ2v) is 7.52. The van der Waals surface area contributed by atoms with Crippen LogP contribution in [0, 0.1) is 0 Å². The number of thioether (sulfide) groups is 1. The number of likely N-dealkylation sites (tertiary alicyclic amines) is 1. The normalized spacial score (nSPS) is 15.9. The molecular formula is C18H23N5OS. The van der Waals surface area contributed by atoms with E-state index in [1.54, 1.807) is 18.9 Å². The lowest BCUT2D eigenvalue weighted by atomic mass is 10.1. The van der Waals surface area contributed by atoms with Gasteiger partial charge >= 0.3 is 0 Å². The Balaban J connectivity index is 1.55. The van der Waals surface area contributed by atoms with Crippen molar-refractivity contribution in [1.82, 2.24) is 24.6 Å². The predicted molar refractivity (Wildman–Crippen MR) is 101 cm³/mol. The van der Waals surface area contributed by atoms with E-state index in [4.69, 9.17) is 9.72 Å². The second-order valence-electron chi connectivity index (χ2n) is 6.46. The highest BCUT2D eigenvalue weighted by Gasteiger charge is 2.14. The molecule has 1 fully saturated rings. The lowest BCUT2D eigenvalue weighted by molar-refractivity contribution is 0.242. The van der Waals surface area contributed by atoms with Crippen LogP contribution in [-0.4, -0.2) is 57.1 Å². The number of aromatic nitrogens is 4. The van der Waals surface area contributed by atoms with Gasteiger partial charge in [-0.05, 0) is 44.1 Å². The van der Waals surface area contributed by atoms with Gasteiger partial charge in [0.15, 0.2) is 5.65 Å². The highest BCUT2D eigenvalue weighted by molar-refractivity contribution is 7.99. The molecule has 1 aliphatic rings. The number of rotatable bonds is 5. The summed E-state index contributed by atoms with van der Waals surface area (Å²) >= 11 is 1.69. The molecule has 7 heteroatoms. The molecule has 0 N–H and O–H groups in total. The topological polar surface area (TPSA) is 56.1 Å². The number of fused-ring (bicyclic) bond motifs is 3. The zero-order valence-electron chi connectivity index (χ0n) is 14.7. The zero-order valence-corrected chi connectivity index (χ0v) is 15.6. The van der Waals surface area contributed by atoms with E-state index in [1.807, 2.05) is 25.2 Å². The van der Waals surface area contributed by atoms with Crippen LogP contribution in [-0.2, 0) is 7.05 Å². The molecular weight excluding hydrogens is 334 g/mol. The first-order valence-corrected chi connectivity index (χ1v) is 9.77. The third kappa shape index (κ3) is 3.30. The van der Waals surface area contributed by atoms with E-state index >= 15 is 0 Å². The summed E-state index contributed by atoms with van der Waals surface area (Å²) in [6.45, 7) is 3.55. The number of hydrogen-bond donors (Lipinski definition) is 0. The van der Waals surface area contributed by atoms with Crippen molar-refractivity contribution in [2.24, 2.45) is 7.05 Å². The Labute approximate surface area is 151 Å². The number of aryl methyl sites for hydroxylation is 1. The molecule has 25 heavy (non-hydrogen) atoms. The fraction of sp³-hybridized carbons (Fsp3) is 0.500. The molecule has 0 saturated carbocycles. The van der Waals surface area contributed by atoms with Crippen molar-refractivity contribution in [2.75, 3.05) is 32.5 Å². The second kappa shape index (κ2) is 7.17. The van der Waals surface area contributed by atoms with Crippen LogP contribution < -0.4 is 4.74 Å². The van der Waals surface area contributed by atoms with Crippen molar-refractivity contribution < 1.29 is 4.74 Å². The van der Waals surface area contributed by atoms with E-state index in [2.05, 4.69) is 19.7 Å². The van der Waals surface area contributed by atoms with E-state index < -0.39 is 0 Å². The number of ether oxygens (including phenoxy) is 1.